The van der Waals surface area contributed by atoms with Crippen molar-refractivity contribution in [3.8, 4) is 11.5 Å². The van der Waals surface area contributed by atoms with E-state index >= 15 is 0 Å². The molecule has 0 spiro atoms. The molecule has 0 unspecified atom stereocenters. The van der Waals surface area contributed by atoms with Crippen LogP contribution in [0.3, 0.4) is 0 Å². The van der Waals surface area contributed by atoms with Gasteiger partial charge < -0.3 is 9.84 Å². The molecular formula is C15H11BrClF3O6S2. The number of phenols is 1. The van der Waals surface area contributed by atoms with Gasteiger partial charge in [-0.25, -0.2) is 16.8 Å². The zero-order valence-corrected chi connectivity index (χ0v) is 17.8. The topological polar surface area (TPSA) is 97.7 Å². The van der Waals surface area contributed by atoms with Crippen molar-refractivity contribution in [1.82, 2.24) is 0 Å². The molecule has 0 saturated heterocycles. The van der Waals surface area contributed by atoms with Crippen LogP contribution >= 0.6 is 27.5 Å². The number of rotatable bonds is 5. The van der Waals surface area contributed by atoms with Crippen molar-refractivity contribution < 1.29 is 39.9 Å². The highest BCUT2D eigenvalue weighted by atomic mass is 79.9. The van der Waals surface area contributed by atoms with Crippen LogP contribution in [0.5, 0.6) is 11.5 Å². The van der Waals surface area contributed by atoms with Crippen LogP contribution in [-0.2, 0) is 25.4 Å². The fourth-order valence-electron chi connectivity index (χ4n) is 2.21. The molecule has 6 nitrogen and oxygen atoms in total. The Morgan fingerprint density at radius 2 is 1.71 bits per heavy atom. The molecule has 0 atom stereocenters. The number of alkyl halides is 3. The largest absolute Gasteiger partial charge is 0.573 e. The second-order valence-electron chi connectivity index (χ2n) is 5.62. The number of phenolic OH excluding ortho intramolecular Hbond substituents is 1. The third kappa shape index (κ3) is 5.75. The first kappa shape index (κ1) is 22.8. The lowest BCUT2D eigenvalue weighted by Crippen LogP contribution is -2.18. The lowest BCUT2D eigenvalue weighted by atomic mass is 10.2. The van der Waals surface area contributed by atoms with Crippen LogP contribution in [-0.4, -0.2) is 34.6 Å². The average molecular weight is 524 g/mol. The zero-order valence-electron chi connectivity index (χ0n) is 13.8. The second kappa shape index (κ2) is 7.73. The van der Waals surface area contributed by atoms with Gasteiger partial charge in [0.2, 0.25) is 0 Å². The predicted molar refractivity (Wildman–Crippen MR) is 97.9 cm³/mol. The lowest BCUT2D eigenvalue weighted by Gasteiger charge is -2.14. The summed E-state index contributed by atoms with van der Waals surface area (Å²) in [5, 5.41) is 9.93. The summed E-state index contributed by atoms with van der Waals surface area (Å²) in [6.45, 7) is 0. The highest BCUT2D eigenvalue weighted by molar-refractivity contribution is 9.10. The maximum atomic E-state index is 12.7. The predicted octanol–water partition coefficient (Wildman–Crippen LogP) is 4.08. The van der Waals surface area contributed by atoms with Gasteiger partial charge in [-0.05, 0) is 35.9 Å². The van der Waals surface area contributed by atoms with Crippen molar-refractivity contribution in [2.45, 2.75) is 21.9 Å². The van der Waals surface area contributed by atoms with E-state index in [9.17, 15) is 35.1 Å². The quantitative estimate of drug-likeness (QED) is 0.634. The molecule has 0 aliphatic heterocycles. The minimum atomic E-state index is -5.16. The van der Waals surface area contributed by atoms with Gasteiger partial charge in [-0.2, -0.15) is 0 Å². The van der Waals surface area contributed by atoms with Crippen LogP contribution in [0, 0.1) is 0 Å². The van der Waals surface area contributed by atoms with E-state index in [-0.39, 0.29) is 20.0 Å². The maximum Gasteiger partial charge on any atom is 0.573 e. The molecule has 0 heterocycles. The van der Waals surface area contributed by atoms with E-state index in [2.05, 4.69) is 20.7 Å². The van der Waals surface area contributed by atoms with Gasteiger partial charge in [-0.3, -0.25) is 0 Å². The van der Waals surface area contributed by atoms with Crippen molar-refractivity contribution in [2.24, 2.45) is 0 Å². The van der Waals surface area contributed by atoms with Crippen molar-refractivity contribution >= 4 is 47.2 Å². The van der Waals surface area contributed by atoms with Crippen molar-refractivity contribution in [3.63, 3.8) is 0 Å². The molecule has 0 bridgehead atoms. The van der Waals surface area contributed by atoms with Gasteiger partial charge in [0, 0.05) is 15.8 Å². The summed E-state index contributed by atoms with van der Waals surface area (Å²) < 4.78 is 89.6. The fraction of sp³-hybridized carbons (Fsp3) is 0.200. The maximum absolute atomic E-state index is 12.7. The van der Waals surface area contributed by atoms with E-state index in [0.717, 1.165) is 30.5 Å². The molecule has 13 heteroatoms. The average Bonchev–Trinajstić information content (AvgIpc) is 2.47. The Kier molecular flexibility index (Phi) is 6.29. The summed E-state index contributed by atoms with van der Waals surface area (Å²) in [5.41, 5.74) is -0.0365. The summed E-state index contributed by atoms with van der Waals surface area (Å²) in [4.78, 5) is -1.06. The highest BCUT2D eigenvalue weighted by Gasteiger charge is 2.34. The van der Waals surface area contributed by atoms with Gasteiger partial charge >= 0.3 is 6.36 Å². The SMILES string of the molecule is CS(=O)(=O)c1cc(Cl)cc(CS(=O)(=O)c2cc(Br)cc(OC(F)(F)F)c2O)c1. The summed E-state index contributed by atoms with van der Waals surface area (Å²) >= 11 is 8.68. The summed E-state index contributed by atoms with van der Waals surface area (Å²) in [6.07, 6.45) is -4.26. The Bertz CT molecular complexity index is 1130. The Morgan fingerprint density at radius 1 is 1.11 bits per heavy atom. The van der Waals surface area contributed by atoms with Crippen LogP contribution in [0.25, 0.3) is 0 Å². The van der Waals surface area contributed by atoms with Crippen LogP contribution < -0.4 is 4.74 Å². The van der Waals surface area contributed by atoms with E-state index in [1.54, 1.807) is 0 Å². The third-order valence-electron chi connectivity index (χ3n) is 3.28. The van der Waals surface area contributed by atoms with E-state index in [4.69, 9.17) is 11.6 Å². The molecule has 2 rings (SSSR count). The first-order valence-corrected chi connectivity index (χ1v) is 11.8. The molecular weight excluding hydrogens is 513 g/mol. The summed E-state index contributed by atoms with van der Waals surface area (Å²) in [6, 6.07) is 5.04. The monoisotopic (exact) mass is 522 g/mol. The van der Waals surface area contributed by atoms with Crippen molar-refractivity contribution in [2.75, 3.05) is 6.26 Å². The molecule has 0 radical (unpaired) electrons. The van der Waals surface area contributed by atoms with Gasteiger partial charge in [0.25, 0.3) is 0 Å². The van der Waals surface area contributed by atoms with Crippen LogP contribution in [0.1, 0.15) is 5.56 Å². The molecule has 0 amide bonds. The first-order chi connectivity index (χ1) is 12.6. The lowest BCUT2D eigenvalue weighted by molar-refractivity contribution is -0.275. The van der Waals surface area contributed by atoms with E-state index < -0.39 is 48.2 Å². The van der Waals surface area contributed by atoms with Crippen molar-refractivity contribution in [1.29, 1.82) is 0 Å². The third-order valence-corrected chi connectivity index (χ3v) is 6.74. The van der Waals surface area contributed by atoms with E-state index in [0.29, 0.717) is 0 Å². The van der Waals surface area contributed by atoms with Crippen LogP contribution in [0.2, 0.25) is 5.02 Å². The number of sulfone groups is 2. The number of halogens is 5. The zero-order chi connectivity index (χ0) is 21.5. The van der Waals surface area contributed by atoms with E-state index in [1.807, 2.05) is 0 Å². The molecule has 28 heavy (non-hydrogen) atoms. The Morgan fingerprint density at radius 3 is 2.25 bits per heavy atom. The Hall–Kier alpha value is -1.50. The first-order valence-electron chi connectivity index (χ1n) is 7.09. The smallest absolute Gasteiger partial charge is 0.503 e. The van der Waals surface area contributed by atoms with Gasteiger partial charge in [-0.15, -0.1) is 13.2 Å². The number of hydrogen-bond acceptors (Lipinski definition) is 6. The van der Waals surface area contributed by atoms with Crippen molar-refractivity contribution in [3.05, 3.63) is 45.4 Å². The molecule has 0 aliphatic rings. The number of hydrogen-bond donors (Lipinski definition) is 1. The summed E-state index contributed by atoms with van der Waals surface area (Å²) in [5.74, 6) is -3.17. The minimum absolute atomic E-state index is 0.0365. The van der Waals surface area contributed by atoms with E-state index in [1.165, 1.54) is 6.07 Å². The van der Waals surface area contributed by atoms with Crippen LogP contribution in [0.15, 0.2) is 44.6 Å². The normalized spacial score (nSPS) is 12.8. The van der Waals surface area contributed by atoms with Gasteiger partial charge in [0.05, 0.1) is 10.6 Å². The number of benzene rings is 2. The Labute approximate surface area is 171 Å². The molecule has 0 fully saturated rings. The molecule has 154 valence electrons. The Balaban J connectivity index is 2.53. The minimum Gasteiger partial charge on any atom is -0.503 e. The highest BCUT2D eigenvalue weighted by Crippen LogP contribution is 2.40. The molecule has 0 aliphatic carbocycles. The molecule has 0 saturated carbocycles. The molecule has 0 aromatic heterocycles. The second-order valence-corrected chi connectivity index (χ2v) is 11.0. The molecule has 2 aromatic rings. The number of ether oxygens (including phenoxy) is 1. The summed E-state index contributed by atoms with van der Waals surface area (Å²) in [7, 11) is -8.10. The number of aromatic hydroxyl groups is 1. The van der Waals surface area contributed by atoms with Crippen LogP contribution in [0.4, 0.5) is 13.2 Å². The standard InChI is InChI=1S/C15H11BrClF3O6S2/c1-27(22,23)11-3-8(2-10(17)6-11)7-28(24,25)13-5-9(16)4-12(14(13)21)26-15(18,19)20/h2-6,21H,7H2,1H3. The fourth-order valence-corrected chi connectivity index (χ4v) is 5.29. The van der Waals surface area contributed by atoms with Gasteiger partial charge in [-0.1, -0.05) is 27.5 Å². The molecule has 2 aromatic carbocycles. The molecule has 1 N–H and O–H groups in total. The van der Waals surface area contributed by atoms with Gasteiger partial charge in [0.15, 0.2) is 31.2 Å². The van der Waals surface area contributed by atoms with Gasteiger partial charge in [0.1, 0.15) is 4.90 Å².